The number of rotatable bonds is 5. The van der Waals surface area contributed by atoms with E-state index in [2.05, 4.69) is 10.3 Å². The van der Waals surface area contributed by atoms with Crippen LogP contribution in [0.2, 0.25) is 0 Å². The van der Waals surface area contributed by atoms with Crippen LogP contribution in [0.1, 0.15) is 16.1 Å². The molecule has 0 saturated carbocycles. The Morgan fingerprint density at radius 1 is 1.12 bits per heavy atom. The summed E-state index contributed by atoms with van der Waals surface area (Å²) < 4.78 is 13.8. The van der Waals surface area contributed by atoms with Crippen LogP contribution in [0.25, 0.3) is 10.6 Å². The summed E-state index contributed by atoms with van der Waals surface area (Å²) in [6.45, 7) is 0. The van der Waals surface area contributed by atoms with Gasteiger partial charge in [-0.3, -0.25) is 9.59 Å². The molecule has 3 N–H and O–H groups in total. The highest BCUT2D eigenvalue weighted by atomic mass is 32.1. The van der Waals surface area contributed by atoms with E-state index in [1.807, 2.05) is 0 Å². The van der Waals surface area contributed by atoms with Gasteiger partial charge in [-0.2, -0.15) is 0 Å². The van der Waals surface area contributed by atoms with Gasteiger partial charge >= 0.3 is 0 Å². The molecule has 0 atom stereocenters. The van der Waals surface area contributed by atoms with Gasteiger partial charge < -0.3 is 11.1 Å². The van der Waals surface area contributed by atoms with E-state index in [9.17, 15) is 14.0 Å². The summed E-state index contributed by atoms with van der Waals surface area (Å²) in [5.41, 5.74) is 7.07. The Balaban J connectivity index is 1.66. The van der Waals surface area contributed by atoms with Crippen LogP contribution in [0, 0.1) is 5.82 Å². The van der Waals surface area contributed by atoms with Crippen molar-refractivity contribution in [3.8, 4) is 10.6 Å². The normalized spacial score (nSPS) is 10.4. The Kier molecular flexibility index (Phi) is 4.85. The molecule has 1 aromatic heterocycles. The first-order valence-corrected chi connectivity index (χ1v) is 8.30. The molecule has 5 nitrogen and oxygen atoms in total. The zero-order valence-corrected chi connectivity index (χ0v) is 13.8. The van der Waals surface area contributed by atoms with Crippen LogP contribution >= 0.6 is 11.3 Å². The van der Waals surface area contributed by atoms with Crippen LogP contribution in [0.4, 0.5) is 10.1 Å². The van der Waals surface area contributed by atoms with Gasteiger partial charge in [-0.05, 0) is 36.4 Å². The van der Waals surface area contributed by atoms with Crippen molar-refractivity contribution in [1.29, 1.82) is 0 Å². The minimum atomic E-state index is -0.527. The van der Waals surface area contributed by atoms with Crippen molar-refractivity contribution in [2.24, 2.45) is 5.73 Å². The fourth-order valence-electron chi connectivity index (χ4n) is 2.23. The second-order valence-corrected chi connectivity index (χ2v) is 6.15. The number of amides is 2. The molecule has 2 amide bonds. The summed E-state index contributed by atoms with van der Waals surface area (Å²) in [5.74, 6) is -1.12. The molecule has 0 aliphatic carbocycles. The van der Waals surface area contributed by atoms with Crippen LogP contribution < -0.4 is 11.1 Å². The fourth-order valence-corrected chi connectivity index (χ4v) is 3.08. The van der Waals surface area contributed by atoms with Gasteiger partial charge in [0, 0.05) is 22.2 Å². The Morgan fingerprint density at radius 3 is 2.52 bits per heavy atom. The minimum Gasteiger partial charge on any atom is -0.366 e. The molecule has 0 bridgehead atoms. The molecular formula is C18H14FN3O2S. The summed E-state index contributed by atoms with van der Waals surface area (Å²) in [6, 6.07) is 12.7. The number of thiazole rings is 1. The maximum Gasteiger partial charge on any atom is 0.248 e. The number of benzene rings is 2. The van der Waals surface area contributed by atoms with Crippen molar-refractivity contribution in [2.75, 3.05) is 5.32 Å². The number of aromatic nitrogens is 1. The van der Waals surface area contributed by atoms with Crippen molar-refractivity contribution in [3.63, 3.8) is 0 Å². The maximum absolute atomic E-state index is 13.8. The van der Waals surface area contributed by atoms with E-state index >= 15 is 0 Å². The van der Waals surface area contributed by atoms with E-state index in [4.69, 9.17) is 5.73 Å². The summed E-state index contributed by atoms with van der Waals surface area (Å²) in [4.78, 5) is 27.4. The van der Waals surface area contributed by atoms with E-state index in [0.29, 0.717) is 27.5 Å². The highest BCUT2D eigenvalue weighted by Crippen LogP contribution is 2.26. The quantitative estimate of drug-likeness (QED) is 0.737. The average Bonchev–Trinajstić information content (AvgIpc) is 3.03. The molecule has 0 radical (unpaired) electrons. The van der Waals surface area contributed by atoms with Gasteiger partial charge in [-0.15, -0.1) is 11.3 Å². The third-order valence-corrected chi connectivity index (χ3v) is 4.38. The smallest absolute Gasteiger partial charge is 0.248 e. The first-order chi connectivity index (χ1) is 12.0. The van der Waals surface area contributed by atoms with Gasteiger partial charge in [0.15, 0.2) is 0 Å². The van der Waals surface area contributed by atoms with E-state index in [-0.39, 0.29) is 18.1 Å². The number of primary amides is 1. The number of anilines is 1. The lowest BCUT2D eigenvalue weighted by molar-refractivity contribution is -0.115. The van der Waals surface area contributed by atoms with E-state index < -0.39 is 5.91 Å². The van der Waals surface area contributed by atoms with Crippen LogP contribution in [-0.2, 0) is 11.2 Å². The monoisotopic (exact) mass is 355 g/mol. The first kappa shape index (κ1) is 16.8. The van der Waals surface area contributed by atoms with Gasteiger partial charge in [0.05, 0.1) is 12.1 Å². The lowest BCUT2D eigenvalue weighted by Gasteiger charge is -2.04. The summed E-state index contributed by atoms with van der Waals surface area (Å²) in [5, 5.41) is 4.98. The van der Waals surface area contributed by atoms with Gasteiger partial charge in [-0.25, -0.2) is 9.37 Å². The van der Waals surface area contributed by atoms with Crippen molar-refractivity contribution in [1.82, 2.24) is 4.98 Å². The molecule has 3 rings (SSSR count). The highest BCUT2D eigenvalue weighted by Gasteiger charge is 2.12. The molecule has 2 aromatic carbocycles. The zero-order valence-electron chi connectivity index (χ0n) is 13.0. The number of nitrogens with zero attached hydrogens (tertiary/aromatic N) is 1. The second-order valence-electron chi connectivity index (χ2n) is 5.29. The second kappa shape index (κ2) is 7.23. The lowest BCUT2D eigenvalue weighted by atomic mass is 10.2. The van der Waals surface area contributed by atoms with E-state index in [1.165, 1.54) is 29.5 Å². The minimum absolute atomic E-state index is 0.0719. The molecule has 0 fully saturated rings. The summed E-state index contributed by atoms with van der Waals surface area (Å²) in [7, 11) is 0. The molecule has 0 unspecified atom stereocenters. The Labute approximate surface area is 147 Å². The Bertz CT molecular complexity index is 922. The van der Waals surface area contributed by atoms with Gasteiger partial charge in [0.25, 0.3) is 0 Å². The van der Waals surface area contributed by atoms with Gasteiger partial charge in [0.2, 0.25) is 11.8 Å². The summed E-state index contributed by atoms with van der Waals surface area (Å²) >= 11 is 1.29. The SMILES string of the molecule is NC(=O)c1ccc(NC(=O)Cc2csc(-c3ccccc3F)n2)cc1. The number of halogens is 1. The average molecular weight is 355 g/mol. The molecule has 0 spiro atoms. The van der Waals surface area contributed by atoms with Gasteiger partial charge in [-0.1, -0.05) is 12.1 Å². The molecule has 0 aliphatic rings. The zero-order chi connectivity index (χ0) is 17.8. The topological polar surface area (TPSA) is 85.1 Å². The van der Waals surface area contributed by atoms with Crippen LogP contribution in [0.15, 0.2) is 53.9 Å². The third-order valence-electron chi connectivity index (χ3n) is 3.45. The maximum atomic E-state index is 13.8. The van der Waals surface area contributed by atoms with E-state index in [0.717, 1.165) is 0 Å². The molecule has 0 aliphatic heterocycles. The molecule has 25 heavy (non-hydrogen) atoms. The third kappa shape index (κ3) is 4.07. The van der Waals surface area contributed by atoms with E-state index in [1.54, 1.807) is 35.7 Å². The molecular weight excluding hydrogens is 341 g/mol. The molecule has 3 aromatic rings. The van der Waals surface area contributed by atoms with Crippen LogP contribution in [-0.4, -0.2) is 16.8 Å². The molecule has 0 saturated heterocycles. The number of carbonyl (C=O) groups excluding carboxylic acids is 2. The Morgan fingerprint density at radius 2 is 1.84 bits per heavy atom. The Hall–Kier alpha value is -3.06. The fraction of sp³-hybridized carbons (Fsp3) is 0.0556. The first-order valence-electron chi connectivity index (χ1n) is 7.42. The largest absolute Gasteiger partial charge is 0.366 e. The van der Waals surface area contributed by atoms with Crippen molar-refractivity contribution < 1.29 is 14.0 Å². The number of nitrogens with one attached hydrogen (secondary N) is 1. The highest BCUT2D eigenvalue weighted by molar-refractivity contribution is 7.13. The standard InChI is InChI=1S/C18H14FN3O2S/c19-15-4-2-1-3-14(15)18-22-13(10-25-18)9-16(23)21-12-7-5-11(6-8-12)17(20)24/h1-8,10H,9H2,(H2,20,24)(H,21,23). The van der Waals surface area contributed by atoms with Gasteiger partial charge in [0.1, 0.15) is 10.8 Å². The molecule has 126 valence electrons. The number of nitrogens with two attached hydrogens (primary N) is 1. The molecule has 7 heteroatoms. The number of carbonyl (C=O) groups is 2. The predicted octanol–water partition coefficient (Wildman–Crippen LogP) is 3.23. The number of hydrogen-bond donors (Lipinski definition) is 2. The van der Waals surface area contributed by atoms with Crippen molar-refractivity contribution in [3.05, 3.63) is 71.0 Å². The van der Waals surface area contributed by atoms with Crippen LogP contribution in [0.5, 0.6) is 0 Å². The van der Waals surface area contributed by atoms with Crippen LogP contribution in [0.3, 0.4) is 0 Å². The van der Waals surface area contributed by atoms with Crippen molar-refractivity contribution >= 4 is 28.8 Å². The predicted molar refractivity (Wildman–Crippen MR) is 94.8 cm³/mol. The van der Waals surface area contributed by atoms with Crippen molar-refractivity contribution in [2.45, 2.75) is 6.42 Å². The number of hydrogen-bond acceptors (Lipinski definition) is 4. The summed E-state index contributed by atoms with van der Waals surface area (Å²) in [6.07, 6.45) is 0.0719. The lowest BCUT2D eigenvalue weighted by Crippen LogP contribution is -2.15. The molecule has 1 heterocycles.